The molecule has 3 atom stereocenters. The zero-order chi connectivity index (χ0) is 24.6. The molecular weight excluding hydrogens is 454 g/mol. The number of thioether (sulfide) groups is 1. The van der Waals surface area contributed by atoms with Crippen molar-refractivity contribution in [1.29, 1.82) is 0 Å². The predicted octanol–water partition coefficient (Wildman–Crippen LogP) is 5.62. The van der Waals surface area contributed by atoms with Crippen molar-refractivity contribution in [2.24, 2.45) is 11.8 Å². The van der Waals surface area contributed by atoms with Crippen LogP contribution in [0, 0.1) is 11.8 Å². The summed E-state index contributed by atoms with van der Waals surface area (Å²) in [5, 5.41) is 12.3. The fraction of sp³-hybridized carbons (Fsp3) is 0.690. The van der Waals surface area contributed by atoms with Crippen LogP contribution in [0.15, 0.2) is 30.5 Å². The Morgan fingerprint density at radius 2 is 1.97 bits per heavy atom. The van der Waals surface area contributed by atoms with Gasteiger partial charge in [0.2, 0.25) is 0 Å². The number of aliphatic hydroxyl groups excluding tert-OH is 1. The number of pyridine rings is 1. The Kier molecular flexibility index (Phi) is 10.1. The number of piperidine rings is 1. The monoisotopic (exact) mass is 499 g/mol. The summed E-state index contributed by atoms with van der Waals surface area (Å²) in [5.41, 5.74) is 2.33. The number of aliphatic hydroxyl groups is 1. The molecule has 1 saturated carbocycles. The molecule has 1 aliphatic carbocycles. The van der Waals surface area contributed by atoms with E-state index in [9.17, 15) is 5.11 Å². The van der Waals surface area contributed by atoms with E-state index in [-0.39, 0.29) is 0 Å². The highest BCUT2D eigenvalue weighted by Gasteiger charge is 2.30. The van der Waals surface area contributed by atoms with Gasteiger partial charge in [0.25, 0.3) is 0 Å². The van der Waals surface area contributed by atoms with Crippen LogP contribution in [0.3, 0.4) is 0 Å². The Labute approximate surface area is 216 Å². The first-order valence-electron chi connectivity index (χ1n) is 13.6. The lowest BCUT2D eigenvalue weighted by molar-refractivity contribution is 0.0671. The summed E-state index contributed by atoms with van der Waals surface area (Å²) in [6.07, 6.45) is 12.5. The van der Waals surface area contributed by atoms with Crippen LogP contribution in [-0.2, 0) is 0 Å². The van der Waals surface area contributed by atoms with Gasteiger partial charge in [0, 0.05) is 48.3 Å². The minimum atomic E-state index is 0.305. The van der Waals surface area contributed by atoms with E-state index in [1.807, 2.05) is 12.3 Å². The first-order valence-corrected chi connectivity index (χ1v) is 14.7. The average Bonchev–Trinajstić information content (AvgIpc) is 2.89. The molecule has 1 unspecified atom stereocenters. The summed E-state index contributed by atoms with van der Waals surface area (Å²) in [5.74, 6) is 3.10. The molecule has 1 aromatic heterocycles. The highest BCUT2D eigenvalue weighted by atomic mass is 32.2. The second kappa shape index (κ2) is 13.3. The second-order valence-corrected chi connectivity index (χ2v) is 12.2. The summed E-state index contributed by atoms with van der Waals surface area (Å²) >= 11 is 2.20. The van der Waals surface area contributed by atoms with Gasteiger partial charge in [-0.1, -0.05) is 19.3 Å². The molecule has 2 aromatic rings. The molecule has 2 fully saturated rings. The Bertz CT molecular complexity index is 918. The van der Waals surface area contributed by atoms with Crippen LogP contribution in [0.1, 0.15) is 63.0 Å². The molecule has 2 heterocycles. The Hall–Kier alpha value is -1.34. The summed E-state index contributed by atoms with van der Waals surface area (Å²) in [4.78, 5) is 9.53. The standard InChI is InChI=1S/C29H45N3O2S/c1-31(2)29(26-13-15-30-28-11-10-24(34-3)19-27(26)28)12-9-22-14-16-32(20-23(22)21-33)17-18-35-25-7-5-4-6-8-25/h10-11,13,15,19,22-23,25,29,33H,4-9,12,14,16-18,20-21H2,1-3H3/t22-,23-,29?/m1/s1. The third kappa shape index (κ3) is 7.12. The van der Waals surface area contributed by atoms with Crippen molar-refractivity contribution in [2.75, 3.05) is 53.2 Å². The van der Waals surface area contributed by atoms with E-state index in [1.54, 1.807) is 7.11 Å². The molecule has 0 radical (unpaired) electrons. The first-order chi connectivity index (χ1) is 17.1. The molecule has 1 saturated heterocycles. The Balaban J connectivity index is 1.34. The van der Waals surface area contributed by atoms with Gasteiger partial charge in [-0.25, -0.2) is 0 Å². The smallest absolute Gasteiger partial charge is 0.119 e. The van der Waals surface area contributed by atoms with Gasteiger partial charge in [-0.2, -0.15) is 11.8 Å². The number of hydrogen-bond acceptors (Lipinski definition) is 6. The van der Waals surface area contributed by atoms with E-state index in [0.717, 1.165) is 35.9 Å². The van der Waals surface area contributed by atoms with E-state index in [4.69, 9.17) is 4.74 Å². The minimum absolute atomic E-state index is 0.305. The molecule has 0 bridgehead atoms. The second-order valence-electron chi connectivity index (χ2n) is 10.8. The van der Waals surface area contributed by atoms with E-state index in [1.165, 1.54) is 68.3 Å². The molecule has 2 aliphatic rings. The summed E-state index contributed by atoms with van der Waals surface area (Å²) in [7, 11) is 6.07. The maximum absolute atomic E-state index is 10.2. The largest absolute Gasteiger partial charge is 0.497 e. The fourth-order valence-corrected chi connectivity index (χ4v) is 7.52. The van der Waals surface area contributed by atoms with Crippen molar-refractivity contribution in [3.05, 3.63) is 36.0 Å². The highest BCUT2D eigenvalue weighted by molar-refractivity contribution is 7.99. The number of nitrogens with zero attached hydrogens (tertiary/aromatic N) is 3. The van der Waals surface area contributed by atoms with Crippen molar-refractivity contribution in [1.82, 2.24) is 14.8 Å². The first kappa shape index (κ1) is 26.7. The number of hydrogen-bond donors (Lipinski definition) is 1. The van der Waals surface area contributed by atoms with Crippen molar-refractivity contribution >= 4 is 22.7 Å². The van der Waals surface area contributed by atoms with Gasteiger partial charge < -0.3 is 19.6 Å². The highest BCUT2D eigenvalue weighted by Crippen LogP contribution is 2.36. The normalized spacial score (nSPS) is 23.1. The maximum Gasteiger partial charge on any atom is 0.119 e. The van der Waals surface area contributed by atoms with Crippen LogP contribution in [0.4, 0.5) is 0 Å². The van der Waals surface area contributed by atoms with Gasteiger partial charge in [-0.05, 0) is 94.4 Å². The van der Waals surface area contributed by atoms with E-state index >= 15 is 0 Å². The third-order valence-corrected chi connectivity index (χ3v) is 9.66. The van der Waals surface area contributed by atoms with Crippen LogP contribution >= 0.6 is 11.8 Å². The number of benzene rings is 1. The van der Waals surface area contributed by atoms with Crippen molar-refractivity contribution in [3.63, 3.8) is 0 Å². The predicted molar refractivity (Wildman–Crippen MR) is 148 cm³/mol. The lowest BCUT2D eigenvalue weighted by Gasteiger charge is -2.39. The van der Waals surface area contributed by atoms with Gasteiger partial charge in [-0.15, -0.1) is 0 Å². The van der Waals surface area contributed by atoms with E-state index in [0.29, 0.717) is 24.5 Å². The molecule has 0 amide bonds. The Morgan fingerprint density at radius 1 is 1.14 bits per heavy atom. The van der Waals surface area contributed by atoms with Gasteiger partial charge in [0.15, 0.2) is 0 Å². The molecule has 194 valence electrons. The van der Waals surface area contributed by atoms with E-state index < -0.39 is 0 Å². The number of rotatable bonds is 11. The molecule has 0 spiro atoms. The molecule has 1 aromatic carbocycles. The van der Waals surface area contributed by atoms with Crippen LogP contribution in [0.5, 0.6) is 5.75 Å². The average molecular weight is 500 g/mol. The zero-order valence-corrected chi connectivity index (χ0v) is 22.8. The lowest BCUT2D eigenvalue weighted by atomic mass is 9.81. The number of aromatic nitrogens is 1. The van der Waals surface area contributed by atoms with Crippen LogP contribution in [0.25, 0.3) is 10.9 Å². The van der Waals surface area contributed by atoms with Gasteiger partial charge in [-0.3, -0.25) is 4.98 Å². The number of methoxy groups -OCH3 is 1. The third-order valence-electron chi connectivity index (χ3n) is 8.30. The summed E-state index contributed by atoms with van der Waals surface area (Å²) < 4.78 is 5.50. The topological polar surface area (TPSA) is 48.8 Å². The molecular formula is C29H45N3O2S. The molecule has 35 heavy (non-hydrogen) atoms. The lowest BCUT2D eigenvalue weighted by Crippen LogP contribution is -2.43. The van der Waals surface area contributed by atoms with Crippen molar-refractivity contribution in [3.8, 4) is 5.75 Å². The van der Waals surface area contributed by atoms with Crippen LogP contribution in [0.2, 0.25) is 0 Å². The summed E-state index contributed by atoms with van der Waals surface area (Å²) in [6.45, 7) is 3.71. The van der Waals surface area contributed by atoms with Gasteiger partial charge in [0.1, 0.15) is 5.75 Å². The van der Waals surface area contributed by atoms with Gasteiger partial charge in [0.05, 0.1) is 12.6 Å². The van der Waals surface area contributed by atoms with Crippen molar-refractivity contribution < 1.29 is 9.84 Å². The number of ether oxygens (including phenoxy) is 1. The SMILES string of the molecule is COc1ccc2nccc(C(CC[C@@H]3CCN(CCSC4CCCCC4)C[C@@H]3CO)N(C)C)c2c1. The maximum atomic E-state index is 10.2. The summed E-state index contributed by atoms with van der Waals surface area (Å²) in [6, 6.07) is 8.64. The van der Waals surface area contributed by atoms with Crippen LogP contribution in [-0.4, -0.2) is 78.3 Å². The fourth-order valence-electron chi connectivity index (χ4n) is 6.15. The number of fused-ring (bicyclic) bond motifs is 1. The molecule has 5 nitrogen and oxygen atoms in total. The molecule has 1 aliphatic heterocycles. The minimum Gasteiger partial charge on any atom is -0.497 e. The zero-order valence-electron chi connectivity index (χ0n) is 22.0. The molecule has 1 N–H and O–H groups in total. The van der Waals surface area contributed by atoms with Gasteiger partial charge >= 0.3 is 0 Å². The number of likely N-dealkylation sites (tertiary alicyclic amines) is 1. The van der Waals surface area contributed by atoms with Crippen LogP contribution < -0.4 is 4.74 Å². The Morgan fingerprint density at radius 3 is 2.71 bits per heavy atom. The van der Waals surface area contributed by atoms with Crippen molar-refractivity contribution in [2.45, 2.75) is 62.7 Å². The molecule has 4 rings (SSSR count). The quantitative estimate of drug-likeness (QED) is 0.433. The van der Waals surface area contributed by atoms with E-state index in [2.05, 4.69) is 58.8 Å². The molecule has 6 heteroatoms.